The Bertz CT molecular complexity index is 666. The monoisotopic (exact) mass is 339 g/mol. The highest BCUT2D eigenvalue weighted by Crippen LogP contribution is 2.29. The van der Waals surface area contributed by atoms with E-state index in [1.165, 1.54) is 24.3 Å². The molecule has 0 aliphatic carbocycles. The standard InChI is InChI=1S/C12H14N5O5P/c13-12(23-22)9(5-6-16(14)11(12)19)15-10(18)7-1-3-8(4-2-7)17(20)21/h1-4,9H,5-6,13-14H2,(H,15,18)/t9?,12-/m0/s1. The van der Waals surface area contributed by atoms with Crippen molar-refractivity contribution in [2.75, 3.05) is 6.54 Å². The van der Waals surface area contributed by atoms with E-state index in [1.807, 2.05) is 0 Å². The largest absolute Gasteiger partial charge is 0.346 e. The number of carbonyl (C=O) groups is 2. The minimum atomic E-state index is -1.84. The van der Waals surface area contributed by atoms with Crippen molar-refractivity contribution in [3.63, 3.8) is 0 Å². The van der Waals surface area contributed by atoms with Crippen LogP contribution in [0.5, 0.6) is 0 Å². The van der Waals surface area contributed by atoms with Crippen LogP contribution in [0.2, 0.25) is 0 Å². The van der Waals surface area contributed by atoms with Crippen LogP contribution in [-0.4, -0.2) is 39.6 Å². The average molecular weight is 339 g/mol. The normalized spacial score (nSPS) is 24.5. The molecule has 11 heteroatoms. The maximum atomic E-state index is 12.2. The second kappa shape index (κ2) is 6.37. The van der Waals surface area contributed by atoms with E-state index in [0.717, 1.165) is 5.01 Å². The van der Waals surface area contributed by atoms with E-state index in [4.69, 9.17) is 11.6 Å². The van der Waals surface area contributed by atoms with Gasteiger partial charge in [0.1, 0.15) is 0 Å². The van der Waals surface area contributed by atoms with Gasteiger partial charge in [-0.05, 0) is 18.6 Å². The van der Waals surface area contributed by atoms with E-state index in [9.17, 15) is 24.3 Å². The topological polar surface area (TPSA) is 162 Å². The number of nitro benzene ring substituents is 1. The number of piperidine rings is 1. The number of amides is 2. The SMILES string of the molecule is NN1CCC(NC(=O)c2ccc([N+](=O)[O-])cc2)[C@](N)(P=O)C1=O. The number of hydrazine groups is 1. The summed E-state index contributed by atoms with van der Waals surface area (Å²) < 4.78 is 11.3. The molecular formula is C12H14N5O5P. The second-order valence-corrected chi connectivity index (χ2v) is 5.96. The fourth-order valence-corrected chi connectivity index (χ4v) is 2.76. The van der Waals surface area contributed by atoms with Gasteiger partial charge in [-0.15, -0.1) is 0 Å². The minimum Gasteiger partial charge on any atom is -0.346 e. The third-order valence-electron chi connectivity index (χ3n) is 3.59. The molecule has 0 radical (unpaired) electrons. The number of nitrogens with zero attached hydrogens (tertiary/aromatic N) is 2. The number of non-ortho nitro benzene ring substituents is 1. The summed E-state index contributed by atoms with van der Waals surface area (Å²) >= 11 is 0. The van der Waals surface area contributed by atoms with E-state index in [-0.39, 0.29) is 24.2 Å². The van der Waals surface area contributed by atoms with Crippen LogP contribution in [0.4, 0.5) is 5.69 Å². The molecule has 122 valence electrons. The first-order valence-corrected chi connectivity index (χ1v) is 7.36. The molecule has 1 unspecified atom stereocenters. The minimum absolute atomic E-state index is 0.151. The fraction of sp³-hybridized carbons (Fsp3) is 0.333. The maximum absolute atomic E-state index is 12.2. The molecule has 1 saturated heterocycles. The Morgan fingerprint density at radius 2 is 2.04 bits per heavy atom. The number of nitrogens with two attached hydrogens (primary N) is 2. The zero-order valence-corrected chi connectivity index (χ0v) is 12.7. The van der Waals surface area contributed by atoms with Gasteiger partial charge in [0.15, 0.2) is 13.7 Å². The summed E-state index contributed by atoms with van der Waals surface area (Å²) in [5, 5.41) is 12.1. The Balaban J connectivity index is 2.17. The van der Waals surface area contributed by atoms with Crippen molar-refractivity contribution in [1.29, 1.82) is 0 Å². The van der Waals surface area contributed by atoms with Gasteiger partial charge in [0, 0.05) is 24.2 Å². The summed E-state index contributed by atoms with van der Waals surface area (Å²) in [7, 11) is -0.663. The van der Waals surface area contributed by atoms with Gasteiger partial charge < -0.3 is 11.1 Å². The first kappa shape index (κ1) is 16.9. The molecule has 1 aliphatic rings. The zero-order chi connectivity index (χ0) is 17.2. The Labute approximate surface area is 132 Å². The predicted molar refractivity (Wildman–Crippen MR) is 79.4 cm³/mol. The summed E-state index contributed by atoms with van der Waals surface area (Å²) in [6.07, 6.45) is 0.229. The van der Waals surface area contributed by atoms with Crippen LogP contribution >= 0.6 is 8.46 Å². The molecule has 0 spiro atoms. The number of hydrogen-bond donors (Lipinski definition) is 3. The van der Waals surface area contributed by atoms with Crippen molar-refractivity contribution in [3.8, 4) is 0 Å². The van der Waals surface area contributed by atoms with Crippen LogP contribution in [0.1, 0.15) is 16.8 Å². The smallest absolute Gasteiger partial charge is 0.270 e. The highest BCUT2D eigenvalue weighted by Gasteiger charge is 2.49. The summed E-state index contributed by atoms with van der Waals surface area (Å²) in [6, 6.07) is 4.05. The number of nitrogens with one attached hydrogen (secondary N) is 1. The van der Waals surface area contributed by atoms with Gasteiger partial charge in [-0.1, -0.05) is 0 Å². The zero-order valence-electron chi connectivity index (χ0n) is 11.8. The molecular weight excluding hydrogens is 325 g/mol. The van der Waals surface area contributed by atoms with Crippen molar-refractivity contribution < 1.29 is 19.1 Å². The highest BCUT2D eigenvalue weighted by molar-refractivity contribution is 7.27. The van der Waals surface area contributed by atoms with Gasteiger partial charge in [0.05, 0.1) is 11.0 Å². The second-order valence-electron chi connectivity index (χ2n) is 5.03. The number of nitro groups is 1. The first-order chi connectivity index (χ1) is 10.8. The number of hydrogen-bond acceptors (Lipinski definition) is 7. The molecule has 2 amide bonds. The number of carbonyl (C=O) groups excluding carboxylic acids is 2. The Hall–Kier alpha value is -2.42. The van der Waals surface area contributed by atoms with Gasteiger partial charge in [0.25, 0.3) is 17.5 Å². The van der Waals surface area contributed by atoms with Gasteiger partial charge in [0.2, 0.25) is 0 Å². The summed E-state index contributed by atoms with van der Waals surface area (Å²) in [5.41, 5.74) is 5.83. The van der Waals surface area contributed by atoms with Gasteiger partial charge in [-0.25, -0.2) is 5.84 Å². The lowest BCUT2D eigenvalue weighted by molar-refractivity contribution is -0.384. The fourth-order valence-electron chi connectivity index (χ4n) is 2.23. The quantitative estimate of drug-likeness (QED) is 0.224. The Morgan fingerprint density at radius 3 is 2.57 bits per heavy atom. The third-order valence-corrected chi connectivity index (χ3v) is 4.40. The van der Waals surface area contributed by atoms with Crippen LogP contribution < -0.4 is 16.9 Å². The maximum Gasteiger partial charge on any atom is 0.270 e. The number of benzene rings is 1. The Kier molecular flexibility index (Phi) is 4.69. The van der Waals surface area contributed by atoms with E-state index in [1.54, 1.807) is 0 Å². The van der Waals surface area contributed by atoms with Crippen LogP contribution in [0.15, 0.2) is 24.3 Å². The lowest BCUT2D eigenvalue weighted by Gasteiger charge is -2.38. The van der Waals surface area contributed by atoms with Crippen molar-refractivity contribution in [2.45, 2.75) is 17.7 Å². The van der Waals surface area contributed by atoms with Crippen LogP contribution in [-0.2, 0) is 9.36 Å². The highest BCUT2D eigenvalue weighted by atomic mass is 31.1. The van der Waals surface area contributed by atoms with Gasteiger partial charge >= 0.3 is 0 Å². The summed E-state index contributed by atoms with van der Waals surface area (Å²) in [4.78, 5) is 34.2. The molecule has 0 bridgehead atoms. The van der Waals surface area contributed by atoms with Crippen molar-refractivity contribution in [1.82, 2.24) is 10.3 Å². The lowest BCUT2D eigenvalue weighted by atomic mass is 9.98. The number of rotatable bonds is 4. The molecule has 23 heavy (non-hydrogen) atoms. The van der Waals surface area contributed by atoms with Gasteiger partial charge in [-0.3, -0.25) is 29.3 Å². The summed E-state index contributed by atoms with van der Waals surface area (Å²) in [5.74, 6) is 4.14. The summed E-state index contributed by atoms with van der Waals surface area (Å²) in [6.45, 7) is 0.151. The molecule has 1 fully saturated rings. The first-order valence-electron chi connectivity index (χ1n) is 6.55. The van der Waals surface area contributed by atoms with Crippen molar-refractivity contribution in [3.05, 3.63) is 39.9 Å². The Morgan fingerprint density at radius 1 is 1.43 bits per heavy atom. The molecule has 2 rings (SSSR count). The lowest BCUT2D eigenvalue weighted by Crippen LogP contribution is -2.69. The van der Waals surface area contributed by atoms with Crippen LogP contribution in [0.3, 0.4) is 0 Å². The van der Waals surface area contributed by atoms with E-state index < -0.39 is 36.5 Å². The van der Waals surface area contributed by atoms with Crippen LogP contribution in [0, 0.1) is 10.1 Å². The molecule has 5 N–H and O–H groups in total. The molecule has 2 atom stereocenters. The predicted octanol–water partition coefficient (Wildman–Crippen LogP) is -0.254. The van der Waals surface area contributed by atoms with E-state index in [0.29, 0.717) is 0 Å². The average Bonchev–Trinajstić information content (AvgIpc) is 2.55. The van der Waals surface area contributed by atoms with Crippen molar-refractivity contribution >= 4 is 26.0 Å². The van der Waals surface area contributed by atoms with Gasteiger partial charge in [-0.2, -0.15) is 0 Å². The molecule has 1 aromatic carbocycles. The molecule has 1 aliphatic heterocycles. The van der Waals surface area contributed by atoms with E-state index in [2.05, 4.69) is 5.32 Å². The van der Waals surface area contributed by atoms with Crippen LogP contribution in [0.25, 0.3) is 0 Å². The molecule has 1 aromatic rings. The third kappa shape index (κ3) is 3.19. The molecule has 10 nitrogen and oxygen atoms in total. The van der Waals surface area contributed by atoms with Crippen molar-refractivity contribution in [2.24, 2.45) is 11.6 Å². The molecule has 0 saturated carbocycles. The van der Waals surface area contributed by atoms with E-state index >= 15 is 0 Å². The molecule has 0 aromatic heterocycles. The molecule has 1 heterocycles.